The van der Waals surface area contributed by atoms with Crippen molar-refractivity contribution in [1.29, 1.82) is 0 Å². The molecule has 0 spiro atoms. The van der Waals surface area contributed by atoms with Crippen LogP contribution in [0.5, 0.6) is 0 Å². The second-order valence-electron chi connectivity index (χ2n) is 9.71. The van der Waals surface area contributed by atoms with E-state index in [1.54, 1.807) is 18.2 Å². The SMILES string of the molecule is CCN1[C@H](C)CN(c2ccc(C(=O)Nc3ccc(Cl)c(-c4ncc(C5CC5)[nH]4)c3)c(Cl)c2)C[C@@H]1C.Cl.Cl. The number of amides is 1. The fraction of sp³-hybridized carbons (Fsp3) is 0.407. The lowest BCUT2D eigenvalue weighted by atomic mass is 10.1. The van der Waals surface area contributed by atoms with Crippen molar-refractivity contribution < 1.29 is 4.79 Å². The van der Waals surface area contributed by atoms with Crippen molar-refractivity contribution in [2.75, 3.05) is 29.9 Å². The summed E-state index contributed by atoms with van der Waals surface area (Å²) in [5, 5.41) is 3.98. The quantitative estimate of drug-likeness (QED) is 0.319. The van der Waals surface area contributed by atoms with Crippen LogP contribution in [0.2, 0.25) is 10.0 Å². The monoisotopic (exact) mass is 583 g/mol. The Morgan fingerprint density at radius 2 is 1.76 bits per heavy atom. The number of anilines is 2. The molecule has 200 valence electrons. The Morgan fingerprint density at radius 3 is 2.38 bits per heavy atom. The van der Waals surface area contributed by atoms with Gasteiger partial charge in [-0.2, -0.15) is 0 Å². The van der Waals surface area contributed by atoms with Crippen molar-refractivity contribution in [1.82, 2.24) is 14.9 Å². The minimum atomic E-state index is -0.259. The third kappa shape index (κ3) is 6.37. The van der Waals surface area contributed by atoms with Crippen molar-refractivity contribution in [3.8, 4) is 11.4 Å². The zero-order chi connectivity index (χ0) is 24.7. The van der Waals surface area contributed by atoms with E-state index in [1.165, 1.54) is 12.8 Å². The number of aromatic nitrogens is 2. The molecule has 0 bridgehead atoms. The Labute approximate surface area is 240 Å². The molecule has 1 amide bonds. The van der Waals surface area contributed by atoms with Gasteiger partial charge in [-0.3, -0.25) is 9.69 Å². The van der Waals surface area contributed by atoms with Gasteiger partial charge in [0.25, 0.3) is 5.91 Å². The number of benzene rings is 2. The Kier molecular flexibility index (Phi) is 9.81. The van der Waals surface area contributed by atoms with Gasteiger partial charge in [-0.1, -0.05) is 30.1 Å². The summed E-state index contributed by atoms with van der Waals surface area (Å²) in [7, 11) is 0. The molecule has 2 fully saturated rings. The maximum absolute atomic E-state index is 13.1. The number of aromatic amines is 1. The van der Waals surface area contributed by atoms with Crippen LogP contribution in [0.15, 0.2) is 42.6 Å². The fourth-order valence-electron chi connectivity index (χ4n) is 5.13. The predicted molar refractivity (Wildman–Crippen MR) is 158 cm³/mol. The number of carbonyl (C=O) groups excluding carboxylic acids is 1. The van der Waals surface area contributed by atoms with Crippen LogP contribution in [0.25, 0.3) is 11.4 Å². The summed E-state index contributed by atoms with van der Waals surface area (Å²) >= 11 is 13.0. The van der Waals surface area contributed by atoms with Gasteiger partial charge in [-0.25, -0.2) is 4.98 Å². The highest BCUT2D eigenvalue weighted by atomic mass is 35.5. The van der Waals surface area contributed by atoms with Gasteiger partial charge in [0.05, 0.1) is 15.6 Å². The first kappa shape index (κ1) is 29.6. The number of likely N-dealkylation sites (N-methyl/N-ethyl adjacent to an activating group) is 1. The van der Waals surface area contributed by atoms with Crippen LogP contribution < -0.4 is 10.2 Å². The van der Waals surface area contributed by atoms with E-state index in [0.29, 0.717) is 45.1 Å². The molecule has 0 unspecified atom stereocenters. The minimum absolute atomic E-state index is 0. The van der Waals surface area contributed by atoms with E-state index in [4.69, 9.17) is 23.2 Å². The van der Waals surface area contributed by atoms with E-state index >= 15 is 0 Å². The summed E-state index contributed by atoms with van der Waals surface area (Å²) in [5.74, 6) is 1.03. The van der Waals surface area contributed by atoms with E-state index in [0.717, 1.165) is 36.6 Å². The first-order valence-corrected chi connectivity index (χ1v) is 13.1. The van der Waals surface area contributed by atoms with Gasteiger partial charge in [-0.05, 0) is 69.6 Å². The third-order valence-corrected chi connectivity index (χ3v) is 7.76. The zero-order valence-corrected chi connectivity index (χ0v) is 24.3. The van der Waals surface area contributed by atoms with Crippen LogP contribution in [-0.4, -0.2) is 52.5 Å². The number of rotatable bonds is 6. The summed E-state index contributed by atoms with van der Waals surface area (Å²) in [6, 6.07) is 12.0. The number of imidazole rings is 1. The van der Waals surface area contributed by atoms with E-state index in [1.807, 2.05) is 24.4 Å². The van der Waals surface area contributed by atoms with Gasteiger partial charge in [-0.15, -0.1) is 24.8 Å². The number of halogens is 4. The van der Waals surface area contributed by atoms with Crippen LogP contribution >= 0.6 is 48.0 Å². The highest BCUT2D eigenvalue weighted by Crippen LogP contribution is 2.40. The molecule has 1 aliphatic carbocycles. The highest BCUT2D eigenvalue weighted by molar-refractivity contribution is 6.35. The Balaban J connectivity index is 0.00000190. The molecule has 1 saturated carbocycles. The normalized spacial score (nSPS) is 19.6. The number of carbonyl (C=O) groups is 1. The Hall–Kier alpha value is -1.96. The van der Waals surface area contributed by atoms with Crippen molar-refractivity contribution in [2.24, 2.45) is 0 Å². The molecule has 1 aliphatic heterocycles. The average molecular weight is 585 g/mol. The number of H-pyrrole nitrogens is 1. The molecule has 2 aromatic carbocycles. The van der Waals surface area contributed by atoms with Gasteiger partial charge in [0.15, 0.2) is 0 Å². The number of nitrogens with one attached hydrogen (secondary N) is 2. The van der Waals surface area contributed by atoms with Gasteiger partial charge < -0.3 is 15.2 Å². The number of hydrogen-bond acceptors (Lipinski definition) is 4. The summed E-state index contributed by atoms with van der Waals surface area (Å²) in [6.07, 6.45) is 4.26. The lowest BCUT2D eigenvalue weighted by Crippen LogP contribution is -2.56. The van der Waals surface area contributed by atoms with Crippen molar-refractivity contribution in [3.63, 3.8) is 0 Å². The molecule has 2 aliphatic rings. The maximum atomic E-state index is 13.1. The van der Waals surface area contributed by atoms with E-state index < -0.39 is 0 Å². The zero-order valence-electron chi connectivity index (χ0n) is 21.1. The molecular formula is C27H33Cl4N5O. The molecule has 6 nitrogen and oxygen atoms in total. The second kappa shape index (κ2) is 12.3. The van der Waals surface area contributed by atoms with Crippen molar-refractivity contribution in [2.45, 2.75) is 51.6 Å². The topological polar surface area (TPSA) is 64.3 Å². The third-order valence-electron chi connectivity index (χ3n) is 7.12. The molecule has 2 N–H and O–H groups in total. The van der Waals surface area contributed by atoms with E-state index in [-0.39, 0.29) is 30.7 Å². The molecular weight excluding hydrogens is 552 g/mol. The first-order valence-electron chi connectivity index (χ1n) is 12.3. The van der Waals surface area contributed by atoms with Crippen molar-refractivity contribution >= 4 is 65.3 Å². The van der Waals surface area contributed by atoms with Crippen LogP contribution in [0.4, 0.5) is 11.4 Å². The smallest absolute Gasteiger partial charge is 0.257 e. The van der Waals surface area contributed by atoms with E-state index in [9.17, 15) is 4.79 Å². The van der Waals surface area contributed by atoms with E-state index in [2.05, 4.69) is 45.9 Å². The summed E-state index contributed by atoms with van der Waals surface area (Å²) in [5.41, 5.74) is 4.01. The number of nitrogens with zero attached hydrogens (tertiary/aromatic N) is 3. The summed E-state index contributed by atoms with van der Waals surface area (Å²) in [4.78, 5) is 25.8. The van der Waals surface area contributed by atoms with Crippen LogP contribution in [-0.2, 0) is 0 Å². The molecule has 1 saturated heterocycles. The fourth-order valence-corrected chi connectivity index (χ4v) is 5.60. The lowest BCUT2D eigenvalue weighted by molar-refractivity contribution is 0.102. The first-order chi connectivity index (χ1) is 16.8. The van der Waals surface area contributed by atoms with Gasteiger partial charge in [0.2, 0.25) is 0 Å². The molecule has 2 heterocycles. The molecule has 1 aromatic heterocycles. The molecule has 37 heavy (non-hydrogen) atoms. The maximum Gasteiger partial charge on any atom is 0.257 e. The van der Waals surface area contributed by atoms with Crippen LogP contribution in [0.1, 0.15) is 55.6 Å². The highest BCUT2D eigenvalue weighted by Gasteiger charge is 2.29. The Bertz CT molecular complexity index is 1230. The summed E-state index contributed by atoms with van der Waals surface area (Å²) < 4.78 is 0. The van der Waals surface area contributed by atoms with Gasteiger partial charge in [0.1, 0.15) is 5.82 Å². The van der Waals surface area contributed by atoms with Gasteiger partial charge in [0, 0.05) is 59.9 Å². The average Bonchev–Trinajstić information content (AvgIpc) is 3.56. The van der Waals surface area contributed by atoms with Crippen molar-refractivity contribution in [3.05, 3.63) is 63.9 Å². The molecule has 0 radical (unpaired) electrons. The number of hydrogen-bond donors (Lipinski definition) is 2. The van der Waals surface area contributed by atoms with Gasteiger partial charge >= 0.3 is 0 Å². The molecule has 10 heteroatoms. The Morgan fingerprint density at radius 1 is 1.05 bits per heavy atom. The summed E-state index contributed by atoms with van der Waals surface area (Å²) in [6.45, 7) is 9.63. The predicted octanol–water partition coefficient (Wildman–Crippen LogP) is 7.28. The molecule has 3 aromatic rings. The molecule has 5 rings (SSSR count). The molecule has 2 atom stereocenters. The van der Waals surface area contributed by atoms with Crippen LogP contribution in [0.3, 0.4) is 0 Å². The number of piperazine rings is 1. The largest absolute Gasteiger partial charge is 0.368 e. The minimum Gasteiger partial charge on any atom is -0.368 e. The second-order valence-corrected chi connectivity index (χ2v) is 10.5. The lowest BCUT2D eigenvalue weighted by Gasteiger charge is -2.45. The van der Waals surface area contributed by atoms with Crippen LogP contribution in [0, 0.1) is 0 Å². The standard InChI is InChI=1S/C27H31Cl2N5O.2ClH/c1-4-34-16(2)14-33(15-17(34)3)20-8-9-21(24(29)12-20)27(35)31-19-7-10-23(28)22(11-19)26-30-13-25(32-26)18-5-6-18;;/h7-13,16-18H,4-6,14-15H2,1-3H3,(H,30,32)(H,31,35);2*1H/t16-,17+;;.